The van der Waals surface area contributed by atoms with Crippen LogP contribution >= 0.6 is 0 Å². The number of aliphatic carboxylic acids is 1. The fraction of sp³-hybridized carbons (Fsp3) is 0.417. The number of carbonyl (C=O) groups is 1. The van der Waals surface area contributed by atoms with Crippen molar-refractivity contribution in [1.29, 1.82) is 0 Å². The molecule has 0 saturated heterocycles. The minimum atomic E-state index is -0.884. The standard InChI is InChI=1S/C12H17NO4/c1-4-9(12(14)15)13-10-6-5-8(16-2)7-11(10)17-3/h5-7,9,13H,4H2,1-3H3,(H,14,15)/t9-/m0/s1. The zero-order valence-electron chi connectivity index (χ0n) is 10.2. The highest BCUT2D eigenvalue weighted by Crippen LogP contribution is 2.29. The van der Waals surface area contributed by atoms with E-state index in [1.807, 2.05) is 6.92 Å². The average molecular weight is 239 g/mol. The Morgan fingerprint density at radius 2 is 2.12 bits per heavy atom. The van der Waals surface area contributed by atoms with Crippen LogP contribution in [0.15, 0.2) is 18.2 Å². The molecule has 2 N–H and O–H groups in total. The van der Waals surface area contributed by atoms with Gasteiger partial charge in [0.05, 0.1) is 19.9 Å². The van der Waals surface area contributed by atoms with Crippen LogP contribution in [0, 0.1) is 0 Å². The number of anilines is 1. The van der Waals surface area contributed by atoms with Gasteiger partial charge in [-0.15, -0.1) is 0 Å². The molecule has 0 aromatic heterocycles. The minimum absolute atomic E-state index is 0.491. The Morgan fingerprint density at radius 1 is 1.41 bits per heavy atom. The Kier molecular flexibility index (Phi) is 4.63. The number of benzene rings is 1. The molecule has 1 aromatic carbocycles. The largest absolute Gasteiger partial charge is 0.497 e. The normalized spacial score (nSPS) is 11.7. The van der Waals surface area contributed by atoms with Gasteiger partial charge in [-0.05, 0) is 18.6 Å². The molecule has 0 fully saturated rings. The molecule has 1 atom stereocenters. The van der Waals surface area contributed by atoms with Gasteiger partial charge in [-0.1, -0.05) is 6.92 Å². The fourth-order valence-electron chi connectivity index (χ4n) is 1.44. The van der Waals surface area contributed by atoms with E-state index in [-0.39, 0.29) is 0 Å². The van der Waals surface area contributed by atoms with Gasteiger partial charge in [0.1, 0.15) is 17.5 Å². The Labute approximate surface area is 100 Å². The summed E-state index contributed by atoms with van der Waals surface area (Å²) < 4.78 is 10.2. The van der Waals surface area contributed by atoms with Crippen LogP contribution in [0.3, 0.4) is 0 Å². The lowest BCUT2D eigenvalue weighted by molar-refractivity contribution is -0.137. The van der Waals surface area contributed by atoms with Gasteiger partial charge >= 0.3 is 5.97 Å². The highest BCUT2D eigenvalue weighted by molar-refractivity contribution is 5.78. The van der Waals surface area contributed by atoms with Crippen molar-refractivity contribution in [1.82, 2.24) is 0 Å². The topological polar surface area (TPSA) is 67.8 Å². The molecule has 94 valence electrons. The first-order valence-corrected chi connectivity index (χ1v) is 5.33. The monoisotopic (exact) mass is 239 g/mol. The summed E-state index contributed by atoms with van der Waals surface area (Å²) in [5, 5.41) is 11.9. The van der Waals surface area contributed by atoms with E-state index in [0.29, 0.717) is 23.6 Å². The molecule has 0 aliphatic carbocycles. The summed E-state index contributed by atoms with van der Waals surface area (Å²) in [4.78, 5) is 10.9. The van der Waals surface area contributed by atoms with E-state index in [9.17, 15) is 4.79 Å². The van der Waals surface area contributed by atoms with Crippen molar-refractivity contribution in [2.24, 2.45) is 0 Å². The molecule has 5 heteroatoms. The maximum absolute atomic E-state index is 10.9. The van der Waals surface area contributed by atoms with Crippen molar-refractivity contribution in [2.75, 3.05) is 19.5 Å². The SMILES string of the molecule is CC[C@H](Nc1ccc(OC)cc1OC)C(=O)O. The van der Waals surface area contributed by atoms with Crippen molar-refractivity contribution in [2.45, 2.75) is 19.4 Å². The van der Waals surface area contributed by atoms with Crippen LogP contribution < -0.4 is 14.8 Å². The van der Waals surface area contributed by atoms with Crippen LogP contribution in [-0.2, 0) is 4.79 Å². The van der Waals surface area contributed by atoms with E-state index in [1.165, 1.54) is 7.11 Å². The summed E-state index contributed by atoms with van der Waals surface area (Å²) in [6, 6.07) is 4.57. The molecule has 0 bridgehead atoms. The van der Waals surface area contributed by atoms with Gasteiger partial charge in [0, 0.05) is 6.07 Å². The first kappa shape index (κ1) is 13.2. The molecule has 0 saturated carbocycles. The third-order valence-corrected chi connectivity index (χ3v) is 2.44. The number of hydrogen-bond acceptors (Lipinski definition) is 4. The van der Waals surface area contributed by atoms with Crippen LogP contribution in [0.4, 0.5) is 5.69 Å². The molecular weight excluding hydrogens is 222 g/mol. The van der Waals surface area contributed by atoms with Gasteiger partial charge in [-0.3, -0.25) is 0 Å². The van der Waals surface area contributed by atoms with Crippen LogP contribution in [0.2, 0.25) is 0 Å². The summed E-state index contributed by atoms with van der Waals surface area (Å²) >= 11 is 0. The summed E-state index contributed by atoms with van der Waals surface area (Å²) in [6.45, 7) is 1.81. The molecular formula is C12H17NO4. The Morgan fingerprint density at radius 3 is 2.59 bits per heavy atom. The van der Waals surface area contributed by atoms with E-state index < -0.39 is 12.0 Å². The Balaban J connectivity index is 2.93. The lowest BCUT2D eigenvalue weighted by atomic mass is 10.2. The van der Waals surface area contributed by atoms with Crippen LogP contribution in [-0.4, -0.2) is 31.3 Å². The number of ether oxygens (including phenoxy) is 2. The molecule has 0 amide bonds. The highest BCUT2D eigenvalue weighted by Gasteiger charge is 2.16. The zero-order valence-corrected chi connectivity index (χ0v) is 10.2. The van der Waals surface area contributed by atoms with E-state index in [2.05, 4.69) is 5.32 Å². The van der Waals surface area contributed by atoms with Crippen LogP contribution in [0.1, 0.15) is 13.3 Å². The van der Waals surface area contributed by atoms with Crippen molar-refractivity contribution in [3.05, 3.63) is 18.2 Å². The van der Waals surface area contributed by atoms with Gasteiger partial charge in [-0.2, -0.15) is 0 Å². The molecule has 0 radical (unpaired) electrons. The predicted octanol–water partition coefficient (Wildman–Crippen LogP) is 1.98. The first-order chi connectivity index (χ1) is 8.12. The third kappa shape index (κ3) is 3.27. The summed E-state index contributed by atoms with van der Waals surface area (Å²) in [5.74, 6) is 0.338. The number of hydrogen-bond donors (Lipinski definition) is 2. The second-order valence-corrected chi connectivity index (χ2v) is 3.51. The molecule has 1 aromatic rings. The molecule has 0 aliphatic rings. The third-order valence-electron chi connectivity index (χ3n) is 2.44. The summed E-state index contributed by atoms with van der Waals surface area (Å²) in [7, 11) is 3.09. The first-order valence-electron chi connectivity index (χ1n) is 5.33. The van der Waals surface area contributed by atoms with E-state index >= 15 is 0 Å². The number of carboxylic acids is 1. The van der Waals surface area contributed by atoms with Crippen LogP contribution in [0.25, 0.3) is 0 Å². The number of nitrogens with one attached hydrogen (secondary N) is 1. The van der Waals surface area contributed by atoms with Crippen molar-refractivity contribution < 1.29 is 19.4 Å². The highest BCUT2D eigenvalue weighted by atomic mass is 16.5. The van der Waals surface area contributed by atoms with Gasteiger partial charge in [-0.25, -0.2) is 4.79 Å². The van der Waals surface area contributed by atoms with Gasteiger partial charge in [0.2, 0.25) is 0 Å². The lowest BCUT2D eigenvalue weighted by Crippen LogP contribution is -2.28. The van der Waals surface area contributed by atoms with Crippen molar-refractivity contribution in [3.63, 3.8) is 0 Å². The maximum Gasteiger partial charge on any atom is 0.326 e. The number of carboxylic acid groups (broad SMARTS) is 1. The zero-order chi connectivity index (χ0) is 12.8. The predicted molar refractivity (Wildman–Crippen MR) is 64.9 cm³/mol. The molecule has 17 heavy (non-hydrogen) atoms. The maximum atomic E-state index is 10.9. The van der Waals surface area contributed by atoms with Crippen molar-refractivity contribution in [3.8, 4) is 11.5 Å². The lowest BCUT2D eigenvalue weighted by Gasteiger charge is -2.16. The van der Waals surface area contributed by atoms with Gasteiger partial charge in [0.25, 0.3) is 0 Å². The quantitative estimate of drug-likeness (QED) is 0.794. The Hall–Kier alpha value is -1.91. The molecule has 0 unspecified atom stereocenters. The summed E-state index contributed by atoms with van der Waals surface area (Å²) in [6.07, 6.45) is 0.491. The van der Waals surface area contributed by atoms with Gasteiger partial charge in [0.15, 0.2) is 0 Å². The smallest absolute Gasteiger partial charge is 0.326 e. The molecule has 1 rings (SSSR count). The van der Waals surface area contributed by atoms with Crippen LogP contribution in [0.5, 0.6) is 11.5 Å². The number of rotatable bonds is 6. The second-order valence-electron chi connectivity index (χ2n) is 3.51. The fourth-order valence-corrected chi connectivity index (χ4v) is 1.44. The number of methoxy groups -OCH3 is 2. The van der Waals surface area contributed by atoms with Crippen molar-refractivity contribution >= 4 is 11.7 Å². The minimum Gasteiger partial charge on any atom is -0.497 e. The molecule has 0 spiro atoms. The van der Waals surface area contributed by atoms with E-state index in [0.717, 1.165) is 0 Å². The van der Waals surface area contributed by atoms with E-state index in [4.69, 9.17) is 14.6 Å². The Bertz CT molecular complexity index is 392. The molecule has 0 heterocycles. The summed E-state index contributed by atoms with van der Waals surface area (Å²) in [5.41, 5.74) is 0.641. The second kappa shape index (κ2) is 5.98. The van der Waals surface area contributed by atoms with Gasteiger partial charge < -0.3 is 19.9 Å². The average Bonchev–Trinajstić information content (AvgIpc) is 2.35. The molecule has 0 aliphatic heterocycles. The van der Waals surface area contributed by atoms with E-state index in [1.54, 1.807) is 25.3 Å². The molecule has 5 nitrogen and oxygen atoms in total.